The molecule has 2 rings (SSSR count). The van der Waals surface area contributed by atoms with E-state index in [0.29, 0.717) is 0 Å². The lowest BCUT2D eigenvalue weighted by atomic mass is 10.1. The zero-order valence-corrected chi connectivity index (χ0v) is 14.4. The van der Waals surface area contributed by atoms with Crippen molar-refractivity contribution in [2.45, 2.75) is 38.6 Å². The fourth-order valence-electron chi connectivity index (χ4n) is 2.12. The quantitative estimate of drug-likeness (QED) is 0.756. The largest absolute Gasteiger partial charge is 0.392 e. The summed E-state index contributed by atoms with van der Waals surface area (Å²) >= 11 is 1.35. The Kier molecular flexibility index (Phi) is 6.18. The van der Waals surface area contributed by atoms with Crippen molar-refractivity contribution in [3.8, 4) is 11.4 Å². The molecule has 0 saturated heterocycles. The van der Waals surface area contributed by atoms with Gasteiger partial charge in [-0.3, -0.25) is 4.79 Å². The van der Waals surface area contributed by atoms with Gasteiger partial charge in [-0.1, -0.05) is 35.5 Å². The van der Waals surface area contributed by atoms with Crippen LogP contribution >= 0.6 is 11.8 Å². The fraction of sp³-hybridized carbons (Fsp3) is 0.438. The maximum absolute atomic E-state index is 11.7. The Morgan fingerprint density at radius 1 is 1.43 bits per heavy atom. The molecule has 1 unspecified atom stereocenters. The lowest BCUT2D eigenvalue weighted by Crippen LogP contribution is -2.31. The third kappa shape index (κ3) is 4.80. The number of benzene rings is 1. The van der Waals surface area contributed by atoms with Crippen molar-refractivity contribution >= 4 is 17.7 Å². The molecule has 7 heteroatoms. The van der Waals surface area contributed by atoms with Crippen LogP contribution in [0.25, 0.3) is 11.4 Å². The summed E-state index contributed by atoms with van der Waals surface area (Å²) in [4.78, 5) is 11.7. The zero-order valence-electron chi connectivity index (χ0n) is 13.6. The molecule has 0 fully saturated rings. The molecule has 1 atom stereocenters. The number of aryl methyl sites for hydroxylation is 1. The lowest BCUT2D eigenvalue weighted by molar-refractivity contribution is -0.118. The molecule has 2 N–H and O–H groups in total. The van der Waals surface area contributed by atoms with Crippen LogP contribution in [-0.4, -0.2) is 44.2 Å². The van der Waals surface area contributed by atoms with Gasteiger partial charge in [0.25, 0.3) is 0 Å². The lowest BCUT2D eigenvalue weighted by Gasteiger charge is -2.09. The van der Waals surface area contributed by atoms with Crippen LogP contribution < -0.4 is 5.32 Å². The Bertz CT molecular complexity index is 670. The Labute approximate surface area is 140 Å². The number of aliphatic hydroxyl groups is 1. The average molecular weight is 334 g/mol. The van der Waals surface area contributed by atoms with Gasteiger partial charge >= 0.3 is 0 Å². The van der Waals surface area contributed by atoms with Gasteiger partial charge in [0.15, 0.2) is 11.0 Å². The van der Waals surface area contributed by atoms with E-state index in [4.69, 9.17) is 0 Å². The van der Waals surface area contributed by atoms with Gasteiger partial charge in [-0.25, -0.2) is 0 Å². The van der Waals surface area contributed by atoms with Crippen LogP contribution in [0.5, 0.6) is 0 Å². The molecule has 124 valence electrons. The number of nitrogens with zero attached hydrogens (tertiary/aromatic N) is 3. The van der Waals surface area contributed by atoms with E-state index in [9.17, 15) is 9.90 Å². The molecule has 0 spiro atoms. The summed E-state index contributed by atoms with van der Waals surface area (Å²) in [5.41, 5.74) is 2.18. The van der Waals surface area contributed by atoms with E-state index in [1.807, 2.05) is 36.6 Å². The molecular weight excluding hydrogens is 312 g/mol. The number of hydrogen-bond donors (Lipinski definition) is 2. The summed E-state index contributed by atoms with van der Waals surface area (Å²) in [5, 5.41) is 21.0. The molecular formula is C16H22N4O2S. The van der Waals surface area contributed by atoms with Crippen LogP contribution in [0.15, 0.2) is 29.4 Å². The van der Waals surface area contributed by atoms with Crippen molar-refractivity contribution in [2.24, 2.45) is 0 Å². The third-order valence-electron chi connectivity index (χ3n) is 3.24. The highest BCUT2D eigenvalue weighted by Gasteiger charge is 2.14. The van der Waals surface area contributed by atoms with Crippen molar-refractivity contribution in [3.05, 3.63) is 29.8 Å². The predicted octanol–water partition coefficient (Wildman–Crippen LogP) is 1.86. The van der Waals surface area contributed by atoms with Gasteiger partial charge in [0.2, 0.25) is 5.91 Å². The first-order valence-electron chi connectivity index (χ1n) is 7.59. The second-order valence-electron chi connectivity index (χ2n) is 5.36. The van der Waals surface area contributed by atoms with E-state index >= 15 is 0 Å². The first kappa shape index (κ1) is 17.5. The Morgan fingerprint density at radius 3 is 2.87 bits per heavy atom. The van der Waals surface area contributed by atoms with Crippen LogP contribution in [0.3, 0.4) is 0 Å². The van der Waals surface area contributed by atoms with E-state index in [1.165, 1.54) is 17.3 Å². The molecule has 6 nitrogen and oxygen atoms in total. The normalized spacial score (nSPS) is 12.2. The van der Waals surface area contributed by atoms with E-state index in [2.05, 4.69) is 21.6 Å². The van der Waals surface area contributed by atoms with Gasteiger partial charge in [0, 0.05) is 18.7 Å². The summed E-state index contributed by atoms with van der Waals surface area (Å²) in [6.07, 6.45) is -0.545. The molecule has 0 aliphatic carbocycles. The summed E-state index contributed by atoms with van der Waals surface area (Å²) in [5.74, 6) is 0.931. The van der Waals surface area contributed by atoms with Gasteiger partial charge in [0.05, 0.1) is 11.9 Å². The van der Waals surface area contributed by atoms with E-state index < -0.39 is 6.10 Å². The van der Waals surface area contributed by atoms with Gasteiger partial charge in [0.1, 0.15) is 0 Å². The number of amides is 1. The van der Waals surface area contributed by atoms with Crippen LogP contribution in [-0.2, 0) is 11.3 Å². The zero-order chi connectivity index (χ0) is 16.8. The van der Waals surface area contributed by atoms with Crippen molar-refractivity contribution in [3.63, 3.8) is 0 Å². The first-order chi connectivity index (χ1) is 11.0. The van der Waals surface area contributed by atoms with Gasteiger partial charge in [-0.2, -0.15) is 0 Å². The highest BCUT2D eigenvalue weighted by Crippen LogP contribution is 2.24. The van der Waals surface area contributed by atoms with E-state index in [0.717, 1.165) is 23.1 Å². The molecule has 2 aromatic rings. The number of aromatic nitrogens is 3. The molecule has 0 aliphatic heterocycles. The Morgan fingerprint density at radius 2 is 2.22 bits per heavy atom. The van der Waals surface area contributed by atoms with Crippen LogP contribution in [0.4, 0.5) is 0 Å². The molecule has 1 amide bonds. The highest BCUT2D eigenvalue weighted by atomic mass is 32.2. The Hall–Kier alpha value is -1.86. The standard InChI is InChI=1S/C16H22N4O2S/c1-4-20-15(13-7-5-6-11(2)8-13)18-19-16(20)23-10-14(22)17-9-12(3)21/h5-8,12,21H,4,9-10H2,1-3H3,(H,17,22). The van der Waals surface area contributed by atoms with Crippen molar-refractivity contribution < 1.29 is 9.90 Å². The minimum atomic E-state index is -0.545. The predicted molar refractivity (Wildman–Crippen MR) is 91.3 cm³/mol. The molecule has 0 bridgehead atoms. The molecule has 0 radical (unpaired) electrons. The van der Waals surface area contributed by atoms with Crippen molar-refractivity contribution in [2.75, 3.05) is 12.3 Å². The number of aliphatic hydroxyl groups excluding tert-OH is 1. The molecule has 23 heavy (non-hydrogen) atoms. The summed E-state index contributed by atoms with van der Waals surface area (Å²) < 4.78 is 2.00. The number of carbonyl (C=O) groups is 1. The number of nitrogens with one attached hydrogen (secondary N) is 1. The maximum Gasteiger partial charge on any atom is 0.230 e. The second kappa shape index (κ2) is 8.12. The minimum absolute atomic E-state index is 0.126. The number of rotatable bonds is 7. The minimum Gasteiger partial charge on any atom is -0.392 e. The summed E-state index contributed by atoms with van der Waals surface area (Å²) in [6.45, 7) is 6.69. The highest BCUT2D eigenvalue weighted by molar-refractivity contribution is 7.99. The maximum atomic E-state index is 11.7. The van der Waals surface area contributed by atoms with Crippen LogP contribution in [0.1, 0.15) is 19.4 Å². The molecule has 0 aliphatic rings. The fourth-order valence-corrected chi connectivity index (χ4v) is 2.95. The van der Waals surface area contributed by atoms with E-state index in [1.54, 1.807) is 6.92 Å². The van der Waals surface area contributed by atoms with Gasteiger partial charge < -0.3 is 15.0 Å². The van der Waals surface area contributed by atoms with Gasteiger partial charge in [-0.05, 0) is 26.8 Å². The van der Waals surface area contributed by atoms with Crippen molar-refractivity contribution in [1.29, 1.82) is 0 Å². The molecule has 1 aromatic carbocycles. The third-order valence-corrected chi connectivity index (χ3v) is 4.20. The monoisotopic (exact) mass is 334 g/mol. The topological polar surface area (TPSA) is 80.0 Å². The Balaban J connectivity index is 2.08. The number of hydrogen-bond acceptors (Lipinski definition) is 5. The first-order valence-corrected chi connectivity index (χ1v) is 8.57. The number of thioether (sulfide) groups is 1. The molecule has 1 aromatic heterocycles. The van der Waals surface area contributed by atoms with Crippen LogP contribution in [0, 0.1) is 6.92 Å². The SMILES string of the molecule is CCn1c(SCC(=O)NCC(C)O)nnc1-c1cccc(C)c1. The summed E-state index contributed by atoms with van der Waals surface area (Å²) in [6, 6.07) is 8.11. The summed E-state index contributed by atoms with van der Waals surface area (Å²) in [7, 11) is 0. The van der Waals surface area contributed by atoms with Crippen LogP contribution in [0.2, 0.25) is 0 Å². The van der Waals surface area contributed by atoms with E-state index in [-0.39, 0.29) is 18.2 Å². The van der Waals surface area contributed by atoms with Gasteiger partial charge in [-0.15, -0.1) is 10.2 Å². The molecule has 0 saturated carbocycles. The average Bonchev–Trinajstić information content (AvgIpc) is 2.93. The smallest absolute Gasteiger partial charge is 0.230 e. The number of carbonyl (C=O) groups excluding carboxylic acids is 1. The second-order valence-corrected chi connectivity index (χ2v) is 6.30. The molecule has 1 heterocycles. The van der Waals surface area contributed by atoms with Crippen molar-refractivity contribution in [1.82, 2.24) is 20.1 Å².